The molecule has 24 heteroatoms. The highest BCUT2D eigenvalue weighted by Crippen LogP contribution is 2.44. The first kappa shape index (κ1) is 53.3. The topological polar surface area (TPSA) is 142 Å². The smallest absolute Gasteiger partial charge is 0.537 e. The van der Waals surface area contributed by atoms with Gasteiger partial charge in [0.2, 0.25) is 22.7 Å². The van der Waals surface area contributed by atoms with Crippen LogP contribution in [0.4, 0.5) is 35.1 Å². The van der Waals surface area contributed by atoms with Crippen molar-refractivity contribution in [2.75, 3.05) is 0 Å². The molecule has 0 amide bonds. The van der Waals surface area contributed by atoms with Crippen LogP contribution in [0.1, 0.15) is 75.9 Å². The number of aryl methyl sites for hydroxylation is 2. The molecule has 4 aromatic rings. The molecular weight excluding hydrogens is 954 g/mol. The van der Waals surface area contributed by atoms with Crippen molar-refractivity contribution in [2.24, 2.45) is 0 Å². The van der Waals surface area contributed by atoms with Crippen molar-refractivity contribution in [3.8, 4) is 17.0 Å². The highest BCUT2D eigenvalue weighted by atomic mass is 35.5. The van der Waals surface area contributed by atoms with E-state index in [4.69, 9.17) is 53.0 Å². The summed E-state index contributed by atoms with van der Waals surface area (Å²) in [5.74, 6) is -3.24. The van der Waals surface area contributed by atoms with Gasteiger partial charge in [-0.2, -0.15) is 35.1 Å². The van der Waals surface area contributed by atoms with Gasteiger partial charge in [0, 0.05) is 67.0 Å². The lowest BCUT2D eigenvalue weighted by Crippen LogP contribution is -2.32. The fourth-order valence-electron chi connectivity index (χ4n) is 6.24. The zero-order valence-corrected chi connectivity index (χ0v) is 36.7. The minimum absolute atomic E-state index is 0.0881. The number of hydrogen-bond donors (Lipinski definition) is 1. The molecule has 0 saturated heterocycles. The highest BCUT2D eigenvalue weighted by molar-refractivity contribution is 6.31. The Hall–Kier alpha value is -5.35. The number of carbonyl (C=O) groups is 2. The van der Waals surface area contributed by atoms with Crippen molar-refractivity contribution in [3.05, 3.63) is 131 Å². The molecule has 1 N–H and O–H groups in total. The predicted octanol–water partition coefficient (Wildman–Crippen LogP) is 9.58. The minimum Gasteiger partial charge on any atom is -0.537 e. The molecule has 351 valence electrons. The van der Waals surface area contributed by atoms with Crippen molar-refractivity contribution < 1.29 is 54.4 Å². The Morgan fingerprint density at radius 2 is 1.12 bits per heavy atom. The van der Waals surface area contributed by atoms with Gasteiger partial charge in [-0.25, -0.2) is 23.1 Å². The Labute approximate surface area is 387 Å². The number of rotatable bonds is 17. The zero-order valence-electron chi connectivity index (χ0n) is 34.4. The molecule has 2 aliphatic rings. The van der Waals surface area contributed by atoms with Crippen LogP contribution in [0.15, 0.2) is 58.1 Å². The van der Waals surface area contributed by atoms with Gasteiger partial charge in [-0.05, 0) is 49.2 Å². The fraction of sp³-hybridized carbons (Fsp3) is 0.429. The number of benzene rings is 2. The lowest BCUT2D eigenvalue weighted by Gasteiger charge is -2.15. The summed E-state index contributed by atoms with van der Waals surface area (Å²) in [6.07, 6.45) is -10.2. The molecule has 2 heterocycles. The summed E-state index contributed by atoms with van der Waals surface area (Å²) >= 11 is 16.9. The van der Waals surface area contributed by atoms with E-state index in [0.717, 1.165) is 4.57 Å². The summed E-state index contributed by atoms with van der Waals surface area (Å²) in [5.41, 5.74) is -3.94. The molecule has 66 heavy (non-hydrogen) atoms. The second-order valence-electron chi connectivity index (χ2n) is 15.3. The lowest BCUT2D eigenvalue weighted by molar-refractivity contribution is -0.136. The first-order valence-electron chi connectivity index (χ1n) is 19.8. The van der Waals surface area contributed by atoms with Gasteiger partial charge in [0.1, 0.15) is 23.1 Å². The highest BCUT2D eigenvalue weighted by Gasteiger charge is 2.53. The van der Waals surface area contributed by atoms with Crippen molar-refractivity contribution in [1.29, 1.82) is 0 Å². The van der Waals surface area contributed by atoms with Crippen molar-refractivity contribution in [1.82, 2.24) is 19.1 Å². The summed E-state index contributed by atoms with van der Waals surface area (Å²) in [4.78, 5) is 63.7. The molecule has 0 bridgehead atoms. The number of alkyl halides is 6. The number of hydrogen-bond acceptors (Lipinski definition) is 8. The van der Waals surface area contributed by atoms with Crippen LogP contribution in [0.2, 0.25) is 15.2 Å². The Morgan fingerprint density at radius 3 is 1.52 bits per heavy atom. The van der Waals surface area contributed by atoms with Crippen molar-refractivity contribution in [3.63, 3.8) is 0 Å². The van der Waals surface area contributed by atoms with Crippen LogP contribution in [-0.2, 0) is 35.5 Å². The second-order valence-corrected chi connectivity index (χ2v) is 16.6. The van der Waals surface area contributed by atoms with Crippen molar-refractivity contribution >= 4 is 54.1 Å². The molecule has 2 aliphatic carbocycles. The SMILES string of the molecule is O[B]Oc1ccc(Cl)cc1.[C-]#[N+]C1(CC(=O)Cn2c(CCCC(F)(F)F)nc(-c3ccc(Cl)cc3)c(F)c2=O)CC1.[C-]#[N+]C1(CC(=O)Cn2c(CCCC(F)(F)F)nc(Cl)c(F)c2=O)CC1. The molecule has 0 aliphatic heterocycles. The largest absolute Gasteiger partial charge is 0.569 e. The van der Waals surface area contributed by atoms with E-state index >= 15 is 0 Å². The number of carbonyl (C=O) groups excluding carboxylic acids is 2. The van der Waals surface area contributed by atoms with E-state index in [0.29, 0.717) is 53.7 Å². The summed E-state index contributed by atoms with van der Waals surface area (Å²) in [6.45, 7) is 13.1. The molecule has 2 saturated carbocycles. The fourth-order valence-corrected chi connectivity index (χ4v) is 6.67. The molecule has 2 fully saturated rings. The van der Waals surface area contributed by atoms with E-state index in [-0.39, 0.29) is 61.4 Å². The minimum atomic E-state index is -4.39. The van der Waals surface area contributed by atoms with Gasteiger partial charge in [0.05, 0.1) is 25.9 Å². The average molecular weight is 991 g/mol. The van der Waals surface area contributed by atoms with Gasteiger partial charge in [-0.3, -0.25) is 28.3 Å². The Kier molecular flexibility index (Phi) is 18.5. The van der Waals surface area contributed by atoms with Gasteiger partial charge < -0.3 is 19.4 Å². The first-order valence-corrected chi connectivity index (χ1v) is 20.9. The number of halogens is 11. The molecular formula is C42H37BCl3F8N6O6. The van der Waals surface area contributed by atoms with E-state index in [2.05, 4.69) is 24.3 Å². The number of Topliss-reactive ketones (excluding diaryl/α,β-unsaturated/α-hetero) is 2. The van der Waals surface area contributed by atoms with Crippen LogP contribution in [0.25, 0.3) is 20.9 Å². The molecule has 2 aromatic carbocycles. The average Bonchev–Trinajstić information content (AvgIpc) is 4.19. The van der Waals surface area contributed by atoms with Crippen LogP contribution in [0.5, 0.6) is 5.75 Å². The number of ketones is 2. The normalized spacial score (nSPS) is 14.3. The van der Waals surface area contributed by atoms with E-state index < -0.39 is 88.8 Å². The Morgan fingerprint density at radius 1 is 0.712 bits per heavy atom. The van der Waals surface area contributed by atoms with Crippen LogP contribution in [0.3, 0.4) is 0 Å². The van der Waals surface area contributed by atoms with Crippen molar-refractivity contribution in [2.45, 2.75) is 114 Å². The molecule has 6 rings (SSSR count). The summed E-state index contributed by atoms with van der Waals surface area (Å²) in [5, 5.41) is 8.49. The standard InChI is InChI=1S/C21H18ClF4N3O2.C15H14ClF4N3O2.C6H5BClO2/c1-27-20(9-10-20)11-15(30)12-29-16(3-2-8-21(24,25)26)28-18(17(23)19(29)31)13-4-6-14(22)7-5-13;1-21-14(5-6-14)7-9(24)8-23-10(3-2-4-15(18,19)20)22-12(16)11(17)13(23)25;8-5-1-3-6(4-2-5)10-7-9/h4-7H,2-3,8-12H2;2-8H2;1-4,9H. The first-order chi connectivity index (χ1) is 30.9. The Bertz CT molecular complexity index is 2570. The predicted molar refractivity (Wildman–Crippen MR) is 227 cm³/mol. The maximum absolute atomic E-state index is 14.8. The maximum Gasteiger partial charge on any atom is 0.569 e. The van der Waals surface area contributed by atoms with E-state index in [1.54, 1.807) is 24.3 Å². The third kappa shape index (κ3) is 16.2. The van der Waals surface area contributed by atoms with E-state index in [1.165, 1.54) is 24.3 Å². The van der Waals surface area contributed by atoms with Crippen LogP contribution >= 0.6 is 34.8 Å². The third-order valence-corrected chi connectivity index (χ3v) is 10.8. The molecule has 1 radical (unpaired) electrons. The number of aromatic nitrogens is 4. The molecule has 0 atom stereocenters. The van der Waals surface area contributed by atoms with Gasteiger partial charge >= 0.3 is 20.0 Å². The quantitative estimate of drug-likeness (QED) is 0.0478. The van der Waals surface area contributed by atoms with Gasteiger partial charge in [0.15, 0.2) is 16.7 Å². The zero-order chi connectivity index (χ0) is 49.0. The second kappa shape index (κ2) is 22.9. The van der Waals surface area contributed by atoms with Crippen LogP contribution in [-0.4, -0.2) is 66.8 Å². The third-order valence-electron chi connectivity index (χ3n) is 10.0. The van der Waals surface area contributed by atoms with Gasteiger partial charge in [-0.1, -0.05) is 46.9 Å². The monoisotopic (exact) mass is 989 g/mol. The van der Waals surface area contributed by atoms with Gasteiger partial charge in [-0.15, -0.1) is 0 Å². The van der Waals surface area contributed by atoms with Crippen LogP contribution < -0.4 is 15.8 Å². The van der Waals surface area contributed by atoms with Gasteiger partial charge in [0.25, 0.3) is 11.1 Å². The van der Waals surface area contributed by atoms with Crippen LogP contribution in [0, 0.1) is 24.8 Å². The molecule has 12 nitrogen and oxygen atoms in total. The van der Waals surface area contributed by atoms with E-state index in [9.17, 15) is 54.3 Å². The molecule has 0 unspecified atom stereocenters. The molecule has 0 spiro atoms. The summed E-state index contributed by atoms with van der Waals surface area (Å²) in [7, 11) is 0.628. The lowest BCUT2D eigenvalue weighted by atomic mass is 10.1. The summed E-state index contributed by atoms with van der Waals surface area (Å²) < 4.78 is 109. The molecule has 2 aromatic heterocycles. The summed E-state index contributed by atoms with van der Waals surface area (Å²) in [6, 6.07) is 12.5. The Balaban J connectivity index is 0.000000242. The number of nitrogens with zero attached hydrogens (tertiary/aromatic N) is 6. The van der Waals surface area contributed by atoms with E-state index in [1.807, 2.05) is 0 Å². The maximum atomic E-state index is 14.8.